The van der Waals surface area contributed by atoms with Crippen LogP contribution in [-0.4, -0.2) is 35.5 Å². The standard InChI is InChI=1S/C21H22N4O2S/c1-15-9-10-20(24-21(15)19-7-3-4-12-22-19)23-18-8-5-6-16-14-25(28(2,26)27)13-11-17(16)18/h3-10,12H,11,13-14H2,1-2H3,(H,23,24). The van der Waals surface area contributed by atoms with Gasteiger partial charge in [0.1, 0.15) is 5.82 Å². The van der Waals surface area contributed by atoms with Crippen molar-refractivity contribution in [1.29, 1.82) is 0 Å². The van der Waals surface area contributed by atoms with Gasteiger partial charge < -0.3 is 5.32 Å². The maximum Gasteiger partial charge on any atom is 0.211 e. The van der Waals surface area contributed by atoms with Crippen molar-refractivity contribution >= 4 is 21.5 Å². The maximum absolute atomic E-state index is 11.9. The van der Waals surface area contributed by atoms with Gasteiger partial charge in [-0.3, -0.25) is 4.98 Å². The first kappa shape index (κ1) is 18.6. The number of hydrogen-bond donors (Lipinski definition) is 1. The van der Waals surface area contributed by atoms with E-state index in [4.69, 9.17) is 4.98 Å². The minimum absolute atomic E-state index is 0.407. The Morgan fingerprint density at radius 1 is 1.07 bits per heavy atom. The van der Waals surface area contributed by atoms with Crippen LogP contribution >= 0.6 is 0 Å². The number of anilines is 2. The van der Waals surface area contributed by atoms with Crippen molar-refractivity contribution in [2.45, 2.75) is 19.9 Å². The number of sulfonamides is 1. The normalized spacial score (nSPS) is 14.5. The molecule has 0 amide bonds. The molecule has 1 N–H and O–H groups in total. The summed E-state index contributed by atoms with van der Waals surface area (Å²) in [6.07, 6.45) is 3.69. The fraction of sp³-hybridized carbons (Fsp3) is 0.238. The zero-order chi connectivity index (χ0) is 19.7. The van der Waals surface area contributed by atoms with Crippen molar-refractivity contribution in [1.82, 2.24) is 14.3 Å². The van der Waals surface area contributed by atoms with Crippen molar-refractivity contribution in [2.24, 2.45) is 0 Å². The van der Waals surface area contributed by atoms with Gasteiger partial charge in [0.05, 0.1) is 17.6 Å². The highest BCUT2D eigenvalue weighted by Crippen LogP contribution is 2.30. The molecular formula is C21H22N4O2S. The van der Waals surface area contributed by atoms with Gasteiger partial charge in [-0.05, 0) is 54.3 Å². The van der Waals surface area contributed by atoms with E-state index in [1.54, 1.807) is 6.20 Å². The quantitative estimate of drug-likeness (QED) is 0.733. The molecule has 0 atom stereocenters. The average molecular weight is 395 g/mol. The van der Waals surface area contributed by atoms with Gasteiger partial charge in [-0.1, -0.05) is 24.3 Å². The number of fused-ring (bicyclic) bond motifs is 1. The van der Waals surface area contributed by atoms with Crippen molar-refractivity contribution < 1.29 is 8.42 Å². The van der Waals surface area contributed by atoms with E-state index in [-0.39, 0.29) is 0 Å². The molecule has 0 aliphatic carbocycles. The number of aromatic nitrogens is 2. The lowest BCUT2D eigenvalue weighted by molar-refractivity contribution is 0.395. The van der Waals surface area contributed by atoms with Crippen LogP contribution in [0.1, 0.15) is 16.7 Å². The smallest absolute Gasteiger partial charge is 0.211 e. The minimum Gasteiger partial charge on any atom is -0.340 e. The summed E-state index contributed by atoms with van der Waals surface area (Å²) >= 11 is 0. The summed E-state index contributed by atoms with van der Waals surface area (Å²) in [6.45, 7) is 2.92. The van der Waals surface area contributed by atoms with Crippen LogP contribution in [0.2, 0.25) is 0 Å². The number of aryl methyl sites for hydroxylation is 1. The summed E-state index contributed by atoms with van der Waals surface area (Å²) in [5.74, 6) is 0.741. The van der Waals surface area contributed by atoms with E-state index in [0.29, 0.717) is 19.5 Å². The molecule has 0 bridgehead atoms. The summed E-state index contributed by atoms with van der Waals surface area (Å²) < 4.78 is 25.3. The molecule has 4 rings (SSSR count). The predicted octanol–water partition coefficient (Wildman–Crippen LogP) is 3.51. The summed E-state index contributed by atoms with van der Waals surface area (Å²) in [7, 11) is -3.19. The van der Waals surface area contributed by atoms with E-state index >= 15 is 0 Å². The topological polar surface area (TPSA) is 75.2 Å². The number of hydrogen-bond acceptors (Lipinski definition) is 5. The zero-order valence-corrected chi connectivity index (χ0v) is 16.7. The SMILES string of the molecule is Cc1ccc(Nc2cccc3c2CCN(S(C)(=O)=O)C3)nc1-c1ccccn1. The van der Waals surface area contributed by atoms with Crippen LogP contribution in [0.3, 0.4) is 0 Å². The van der Waals surface area contributed by atoms with Gasteiger partial charge in [0.25, 0.3) is 0 Å². The molecule has 1 aliphatic rings. The molecule has 0 saturated heterocycles. The summed E-state index contributed by atoms with van der Waals surface area (Å²) in [6, 6.07) is 15.7. The van der Waals surface area contributed by atoms with E-state index in [1.165, 1.54) is 10.6 Å². The number of pyridine rings is 2. The molecule has 6 nitrogen and oxygen atoms in total. The van der Waals surface area contributed by atoms with Gasteiger partial charge in [0.2, 0.25) is 10.0 Å². The van der Waals surface area contributed by atoms with Crippen LogP contribution in [0.25, 0.3) is 11.4 Å². The van der Waals surface area contributed by atoms with Crippen molar-refractivity contribution in [3.8, 4) is 11.4 Å². The van der Waals surface area contributed by atoms with Gasteiger partial charge in [0, 0.05) is 25.0 Å². The molecule has 2 aromatic heterocycles. The molecule has 0 radical (unpaired) electrons. The van der Waals surface area contributed by atoms with Crippen LogP contribution in [0, 0.1) is 6.92 Å². The van der Waals surface area contributed by atoms with E-state index in [9.17, 15) is 8.42 Å². The van der Waals surface area contributed by atoms with Crippen LogP contribution < -0.4 is 5.32 Å². The average Bonchev–Trinajstić information content (AvgIpc) is 2.69. The van der Waals surface area contributed by atoms with Crippen LogP contribution in [0.4, 0.5) is 11.5 Å². The lowest BCUT2D eigenvalue weighted by Crippen LogP contribution is -2.35. The Labute approximate surface area is 165 Å². The van der Waals surface area contributed by atoms with Crippen LogP contribution in [0.5, 0.6) is 0 Å². The fourth-order valence-electron chi connectivity index (χ4n) is 3.48. The van der Waals surface area contributed by atoms with Gasteiger partial charge >= 0.3 is 0 Å². The lowest BCUT2D eigenvalue weighted by Gasteiger charge is -2.28. The molecule has 144 valence electrons. The van der Waals surface area contributed by atoms with Gasteiger partial charge in [-0.25, -0.2) is 13.4 Å². The zero-order valence-electron chi connectivity index (χ0n) is 15.9. The van der Waals surface area contributed by atoms with Gasteiger partial charge in [0.15, 0.2) is 0 Å². The Kier molecular flexibility index (Phi) is 4.87. The third kappa shape index (κ3) is 3.76. The van der Waals surface area contributed by atoms with E-state index in [2.05, 4.69) is 10.3 Å². The lowest BCUT2D eigenvalue weighted by atomic mass is 9.99. The first-order chi connectivity index (χ1) is 13.4. The monoisotopic (exact) mass is 394 g/mol. The number of nitrogens with one attached hydrogen (secondary N) is 1. The Morgan fingerprint density at radius 3 is 2.68 bits per heavy atom. The highest BCUT2D eigenvalue weighted by Gasteiger charge is 2.24. The predicted molar refractivity (Wildman–Crippen MR) is 111 cm³/mol. The molecule has 1 aromatic carbocycles. The molecule has 0 saturated carbocycles. The molecule has 28 heavy (non-hydrogen) atoms. The largest absolute Gasteiger partial charge is 0.340 e. The van der Waals surface area contributed by atoms with Crippen LogP contribution in [0.15, 0.2) is 54.7 Å². The second kappa shape index (κ2) is 7.33. The van der Waals surface area contributed by atoms with E-state index < -0.39 is 10.0 Å². The minimum atomic E-state index is -3.19. The third-order valence-electron chi connectivity index (χ3n) is 4.97. The molecule has 0 fully saturated rings. The Hall–Kier alpha value is -2.77. The molecular weight excluding hydrogens is 372 g/mol. The number of benzene rings is 1. The van der Waals surface area contributed by atoms with E-state index in [1.807, 2.05) is 55.5 Å². The second-order valence-electron chi connectivity index (χ2n) is 6.99. The molecule has 3 aromatic rings. The Balaban J connectivity index is 1.65. The fourth-order valence-corrected chi connectivity index (χ4v) is 4.28. The summed E-state index contributed by atoms with van der Waals surface area (Å²) in [4.78, 5) is 9.17. The second-order valence-corrected chi connectivity index (χ2v) is 8.97. The third-order valence-corrected chi connectivity index (χ3v) is 6.22. The molecule has 3 heterocycles. The van der Waals surface area contributed by atoms with Crippen molar-refractivity contribution in [2.75, 3.05) is 18.1 Å². The summed E-state index contributed by atoms with van der Waals surface area (Å²) in [5.41, 5.74) is 5.88. The Morgan fingerprint density at radius 2 is 1.93 bits per heavy atom. The number of rotatable bonds is 4. The summed E-state index contributed by atoms with van der Waals surface area (Å²) in [5, 5.41) is 3.42. The number of nitrogens with zero attached hydrogens (tertiary/aromatic N) is 3. The highest BCUT2D eigenvalue weighted by molar-refractivity contribution is 7.88. The van der Waals surface area contributed by atoms with Crippen LogP contribution in [-0.2, 0) is 23.0 Å². The first-order valence-electron chi connectivity index (χ1n) is 9.14. The van der Waals surface area contributed by atoms with Crippen molar-refractivity contribution in [3.05, 3.63) is 71.4 Å². The van der Waals surface area contributed by atoms with Crippen molar-refractivity contribution in [3.63, 3.8) is 0 Å². The Bertz CT molecular complexity index is 1110. The molecule has 0 unspecified atom stereocenters. The molecule has 1 aliphatic heterocycles. The first-order valence-corrected chi connectivity index (χ1v) is 11.0. The maximum atomic E-state index is 11.9. The van der Waals surface area contributed by atoms with E-state index in [0.717, 1.165) is 39.6 Å². The highest BCUT2D eigenvalue weighted by atomic mass is 32.2. The molecule has 0 spiro atoms. The molecule has 7 heteroatoms. The van der Waals surface area contributed by atoms with Gasteiger partial charge in [-0.15, -0.1) is 0 Å². The van der Waals surface area contributed by atoms with Gasteiger partial charge in [-0.2, -0.15) is 4.31 Å².